The average Bonchev–Trinajstić information content (AvgIpc) is 3.63. The van der Waals surface area contributed by atoms with Crippen LogP contribution in [0.3, 0.4) is 0 Å². The molecule has 4 aliphatic heterocycles. The molecule has 4 aliphatic rings. The van der Waals surface area contributed by atoms with Crippen molar-refractivity contribution in [2.24, 2.45) is 10.7 Å². The molecule has 51 heavy (non-hydrogen) atoms. The van der Waals surface area contributed by atoms with E-state index in [0.717, 1.165) is 28.9 Å². The maximum absolute atomic E-state index is 13.8. The molecular formula is C39H35N5O7. The fourth-order valence-corrected chi connectivity index (χ4v) is 7.27. The number of nitrogens with zero attached hydrogens (tertiary/aromatic N) is 3. The molecule has 8 rings (SSSR count). The Balaban J connectivity index is 1.01. The molecule has 3 amide bonds. The standard InChI is InChI=1S/C39H35N5O7/c1-48-33-14-27-29(41-18-25-12-23-7-3-5-9-31(23)43(25)38(27)46)16-35(33)50-20-22(11-37(40)45)21-51-36-17-30-28(15-34(36)49-2)39(47)44-26(19-42-30)13-24-8-4-6-10-32(24)44/h3-11,14-18,25-26,42H,12-13,19-21H2,1-2H3,(H2,40,45)/b22-11-/t25-,26-/m0/s1. The molecule has 3 N–H and O–H groups in total. The highest BCUT2D eigenvalue weighted by Gasteiger charge is 2.38. The molecule has 258 valence electrons. The average molecular weight is 686 g/mol. The second-order valence-electron chi connectivity index (χ2n) is 12.7. The number of benzene rings is 4. The van der Waals surface area contributed by atoms with Crippen LogP contribution in [0, 0.1) is 0 Å². The number of nitrogens with two attached hydrogens (primary N) is 1. The van der Waals surface area contributed by atoms with Crippen molar-refractivity contribution in [3.05, 3.63) is 107 Å². The van der Waals surface area contributed by atoms with Gasteiger partial charge < -0.3 is 34.9 Å². The van der Waals surface area contributed by atoms with Crippen LogP contribution in [0.2, 0.25) is 0 Å². The fraction of sp³-hybridized carbons (Fsp3) is 0.231. The Morgan fingerprint density at radius 3 is 2.12 bits per heavy atom. The summed E-state index contributed by atoms with van der Waals surface area (Å²) in [6.45, 7) is 0.399. The molecule has 0 unspecified atom stereocenters. The quantitative estimate of drug-likeness (QED) is 0.238. The predicted octanol–water partition coefficient (Wildman–Crippen LogP) is 4.86. The summed E-state index contributed by atoms with van der Waals surface area (Å²) >= 11 is 0. The zero-order valence-electron chi connectivity index (χ0n) is 28.0. The number of anilines is 3. The number of aliphatic imine (C=N–C) groups is 1. The molecule has 0 saturated heterocycles. The smallest absolute Gasteiger partial charge is 0.261 e. The normalized spacial score (nSPS) is 18.3. The minimum atomic E-state index is -0.677. The Labute approximate surface area is 294 Å². The maximum atomic E-state index is 13.8. The number of ether oxygens (including phenoxy) is 4. The van der Waals surface area contributed by atoms with E-state index in [-0.39, 0.29) is 37.1 Å². The van der Waals surface area contributed by atoms with E-state index in [1.54, 1.807) is 35.4 Å². The van der Waals surface area contributed by atoms with Crippen LogP contribution in [-0.2, 0) is 17.6 Å². The Morgan fingerprint density at radius 2 is 1.43 bits per heavy atom. The monoisotopic (exact) mass is 685 g/mol. The highest BCUT2D eigenvalue weighted by atomic mass is 16.5. The molecule has 0 aromatic heterocycles. The topological polar surface area (TPSA) is 145 Å². The highest BCUT2D eigenvalue weighted by molar-refractivity contribution is 6.15. The van der Waals surface area contributed by atoms with Gasteiger partial charge in [-0.3, -0.25) is 24.3 Å². The van der Waals surface area contributed by atoms with Gasteiger partial charge in [-0.1, -0.05) is 36.4 Å². The van der Waals surface area contributed by atoms with E-state index in [1.165, 1.54) is 20.3 Å². The first-order chi connectivity index (χ1) is 24.8. The lowest BCUT2D eigenvalue weighted by atomic mass is 10.1. The summed E-state index contributed by atoms with van der Waals surface area (Å²) in [5.74, 6) is 0.397. The summed E-state index contributed by atoms with van der Waals surface area (Å²) in [7, 11) is 2.99. The van der Waals surface area contributed by atoms with Crippen LogP contribution in [-0.4, -0.2) is 70.0 Å². The molecule has 0 aliphatic carbocycles. The number of methoxy groups -OCH3 is 2. The van der Waals surface area contributed by atoms with Gasteiger partial charge in [-0.25, -0.2) is 0 Å². The second kappa shape index (κ2) is 12.9. The number of rotatable bonds is 9. The van der Waals surface area contributed by atoms with Gasteiger partial charge in [0, 0.05) is 54.3 Å². The van der Waals surface area contributed by atoms with Gasteiger partial charge >= 0.3 is 0 Å². The number of para-hydroxylation sites is 2. The number of carbonyl (C=O) groups excluding carboxylic acids is 3. The number of primary amides is 1. The molecule has 0 fully saturated rings. The van der Waals surface area contributed by atoms with E-state index in [2.05, 4.69) is 16.4 Å². The third-order valence-corrected chi connectivity index (χ3v) is 9.65. The van der Waals surface area contributed by atoms with Crippen LogP contribution < -0.4 is 39.8 Å². The number of amides is 3. The number of fused-ring (bicyclic) bond motifs is 8. The van der Waals surface area contributed by atoms with Crippen molar-refractivity contribution < 1.29 is 33.3 Å². The van der Waals surface area contributed by atoms with Crippen LogP contribution in [0.15, 0.2) is 89.4 Å². The largest absolute Gasteiger partial charge is 0.493 e. The van der Waals surface area contributed by atoms with E-state index < -0.39 is 5.91 Å². The van der Waals surface area contributed by atoms with Crippen molar-refractivity contribution >= 4 is 46.7 Å². The van der Waals surface area contributed by atoms with Crippen molar-refractivity contribution in [2.45, 2.75) is 24.9 Å². The number of hydrogen-bond donors (Lipinski definition) is 2. The van der Waals surface area contributed by atoms with Gasteiger partial charge in [0.2, 0.25) is 5.91 Å². The summed E-state index contributed by atoms with van der Waals surface area (Å²) < 4.78 is 23.6. The molecule has 4 heterocycles. The molecule has 0 bridgehead atoms. The Morgan fingerprint density at radius 1 is 0.824 bits per heavy atom. The van der Waals surface area contributed by atoms with Crippen LogP contribution in [0.25, 0.3) is 0 Å². The third kappa shape index (κ3) is 5.68. The zero-order valence-corrected chi connectivity index (χ0v) is 28.0. The molecule has 0 saturated carbocycles. The van der Waals surface area contributed by atoms with E-state index >= 15 is 0 Å². The van der Waals surface area contributed by atoms with E-state index in [0.29, 0.717) is 64.0 Å². The van der Waals surface area contributed by atoms with Gasteiger partial charge in [-0.05, 0) is 41.8 Å². The summed E-state index contributed by atoms with van der Waals surface area (Å²) in [5.41, 5.74) is 11.9. The van der Waals surface area contributed by atoms with E-state index in [1.807, 2.05) is 47.4 Å². The minimum absolute atomic E-state index is 0.0254. The number of carbonyl (C=O) groups is 3. The maximum Gasteiger partial charge on any atom is 0.261 e. The number of nitrogens with one attached hydrogen (secondary N) is 1. The van der Waals surface area contributed by atoms with Crippen LogP contribution >= 0.6 is 0 Å². The lowest BCUT2D eigenvalue weighted by Gasteiger charge is -2.23. The van der Waals surface area contributed by atoms with Gasteiger partial charge in [0.05, 0.1) is 48.8 Å². The van der Waals surface area contributed by atoms with Gasteiger partial charge in [0.15, 0.2) is 23.0 Å². The first-order valence-electron chi connectivity index (χ1n) is 16.6. The first-order valence-corrected chi connectivity index (χ1v) is 16.6. The molecule has 0 spiro atoms. The van der Waals surface area contributed by atoms with Gasteiger partial charge in [-0.15, -0.1) is 0 Å². The lowest BCUT2D eigenvalue weighted by molar-refractivity contribution is -0.113. The molecular weight excluding hydrogens is 650 g/mol. The van der Waals surface area contributed by atoms with Gasteiger partial charge in [-0.2, -0.15) is 0 Å². The van der Waals surface area contributed by atoms with Crippen LogP contribution in [0.5, 0.6) is 23.0 Å². The van der Waals surface area contributed by atoms with Crippen LogP contribution in [0.1, 0.15) is 31.8 Å². The lowest BCUT2D eigenvalue weighted by Crippen LogP contribution is -2.39. The van der Waals surface area contributed by atoms with Crippen molar-refractivity contribution in [3.63, 3.8) is 0 Å². The van der Waals surface area contributed by atoms with Gasteiger partial charge in [0.25, 0.3) is 11.8 Å². The summed E-state index contributed by atoms with van der Waals surface area (Å²) in [6.07, 6.45) is 4.46. The summed E-state index contributed by atoms with van der Waals surface area (Å²) in [4.78, 5) is 47.9. The summed E-state index contributed by atoms with van der Waals surface area (Å²) in [6, 6.07) is 22.2. The van der Waals surface area contributed by atoms with E-state index in [9.17, 15) is 14.4 Å². The molecule has 4 aromatic carbocycles. The highest BCUT2D eigenvalue weighted by Crippen LogP contribution is 2.42. The molecule has 12 nitrogen and oxygen atoms in total. The molecule has 4 aromatic rings. The first kappa shape index (κ1) is 31.9. The fourth-order valence-electron chi connectivity index (χ4n) is 7.27. The van der Waals surface area contributed by atoms with Crippen molar-refractivity contribution in [1.82, 2.24) is 0 Å². The molecule has 12 heteroatoms. The molecule has 0 radical (unpaired) electrons. The SMILES string of the molecule is COc1cc2c(cc1OC/C(=C/C(N)=O)COc1cc3c(cc1OC)C(=O)N1c4ccccc4C[C@H]1CN3)N=C[C@@H]1Cc3ccccc3N1C2=O. The predicted molar refractivity (Wildman–Crippen MR) is 192 cm³/mol. The van der Waals surface area contributed by atoms with Gasteiger partial charge in [0.1, 0.15) is 13.2 Å². The zero-order chi connectivity index (χ0) is 35.2. The summed E-state index contributed by atoms with van der Waals surface area (Å²) in [5, 5.41) is 3.42. The van der Waals surface area contributed by atoms with Crippen molar-refractivity contribution in [1.29, 1.82) is 0 Å². The van der Waals surface area contributed by atoms with Crippen molar-refractivity contribution in [2.75, 3.05) is 49.1 Å². The Bertz CT molecular complexity index is 2160. The number of hydrogen-bond acceptors (Lipinski definition) is 9. The molecule has 2 atom stereocenters. The van der Waals surface area contributed by atoms with Crippen LogP contribution in [0.4, 0.5) is 22.7 Å². The Kier molecular flexibility index (Phi) is 8.06. The third-order valence-electron chi connectivity index (χ3n) is 9.65. The second-order valence-corrected chi connectivity index (χ2v) is 12.7. The Hall–Kier alpha value is -6.30. The van der Waals surface area contributed by atoms with Crippen molar-refractivity contribution in [3.8, 4) is 23.0 Å². The minimum Gasteiger partial charge on any atom is -0.493 e. The van der Waals surface area contributed by atoms with E-state index in [4.69, 9.17) is 24.7 Å².